The van der Waals surface area contributed by atoms with Gasteiger partial charge in [-0.15, -0.1) is 0 Å². The summed E-state index contributed by atoms with van der Waals surface area (Å²) in [6.07, 6.45) is -3.58. The van der Waals surface area contributed by atoms with Crippen LogP contribution in [0.3, 0.4) is 0 Å². The fourth-order valence-corrected chi connectivity index (χ4v) is 5.14. The van der Waals surface area contributed by atoms with Gasteiger partial charge in [-0.05, 0) is 41.8 Å². The van der Waals surface area contributed by atoms with Crippen molar-refractivity contribution in [2.45, 2.75) is 36.2 Å². The highest BCUT2D eigenvalue weighted by Gasteiger charge is 2.51. The highest BCUT2D eigenvalue weighted by Crippen LogP contribution is 2.38. The van der Waals surface area contributed by atoms with Crippen molar-refractivity contribution < 1.29 is 26.7 Å². The number of rotatable bonds is 6. The van der Waals surface area contributed by atoms with Gasteiger partial charge >= 0.3 is 6.18 Å². The van der Waals surface area contributed by atoms with E-state index in [1.54, 1.807) is 30.3 Å². The van der Waals surface area contributed by atoms with Crippen LogP contribution in [0.1, 0.15) is 29.7 Å². The van der Waals surface area contributed by atoms with Crippen molar-refractivity contribution in [1.29, 1.82) is 0 Å². The molecule has 0 aromatic heterocycles. The molecule has 192 valence electrons. The summed E-state index contributed by atoms with van der Waals surface area (Å²) in [5.41, 5.74) is -0.348. The lowest BCUT2D eigenvalue weighted by molar-refractivity contribution is -0.258. The fourth-order valence-electron chi connectivity index (χ4n) is 4.48. The van der Waals surface area contributed by atoms with Crippen molar-refractivity contribution >= 4 is 15.5 Å². The maximum atomic E-state index is 13.2. The molecule has 3 aromatic carbocycles. The molecule has 0 spiro atoms. The molecule has 4 rings (SSSR count). The van der Waals surface area contributed by atoms with Crippen LogP contribution in [0.25, 0.3) is 0 Å². The molecule has 1 fully saturated rings. The normalized spacial score (nSPS) is 19.2. The topological polar surface area (TPSA) is 60.9 Å². The van der Waals surface area contributed by atoms with Crippen LogP contribution in [-0.2, 0) is 22.0 Å². The van der Waals surface area contributed by atoms with Gasteiger partial charge in [-0.2, -0.15) is 13.2 Å². The quantitative estimate of drug-likeness (QED) is 0.502. The molecule has 9 heteroatoms. The largest absolute Gasteiger partial charge is 0.421 e. The monoisotopic (exact) mass is 518 g/mol. The number of aliphatic hydroxyl groups is 1. The Kier molecular flexibility index (Phi) is 7.19. The van der Waals surface area contributed by atoms with Crippen LogP contribution in [-0.4, -0.2) is 50.5 Å². The zero-order chi connectivity index (χ0) is 26.1. The third-order valence-corrected chi connectivity index (χ3v) is 7.85. The number of hydrogen-bond acceptors (Lipinski definition) is 5. The zero-order valence-corrected chi connectivity index (χ0v) is 20.9. The summed E-state index contributed by atoms with van der Waals surface area (Å²) in [4.78, 5) is 4.70. The second-order valence-electron chi connectivity index (χ2n) is 9.38. The first kappa shape index (κ1) is 26.2. The first-order chi connectivity index (χ1) is 16.9. The van der Waals surface area contributed by atoms with Crippen LogP contribution in [0.5, 0.6) is 0 Å². The summed E-state index contributed by atoms with van der Waals surface area (Å²) in [6, 6.07) is 22.8. The number of anilines is 1. The van der Waals surface area contributed by atoms with Gasteiger partial charge in [0.1, 0.15) is 0 Å². The second kappa shape index (κ2) is 9.88. The first-order valence-electron chi connectivity index (χ1n) is 11.6. The van der Waals surface area contributed by atoms with Crippen molar-refractivity contribution in [3.05, 3.63) is 95.6 Å². The van der Waals surface area contributed by atoms with Crippen molar-refractivity contribution in [2.75, 3.05) is 30.8 Å². The summed E-state index contributed by atoms with van der Waals surface area (Å²) in [6.45, 7) is 3.23. The van der Waals surface area contributed by atoms with E-state index in [0.29, 0.717) is 26.2 Å². The minimum atomic E-state index is -4.77. The molecule has 1 aliphatic rings. The van der Waals surface area contributed by atoms with Gasteiger partial charge in [0.2, 0.25) is 0 Å². The number of alkyl halides is 3. The summed E-state index contributed by atoms with van der Waals surface area (Å²) in [5, 5.41) is 9.95. The van der Waals surface area contributed by atoms with Gasteiger partial charge in [-0.3, -0.25) is 4.90 Å². The first-order valence-corrected chi connectivity index (χ1v) is 13.5. The number of nitrogens with zero attached hydrogens (tertiary/aromatic N) is 2. The Balaban J connectivity index is 1.57. The lowest BCUT2D eigenvalue weighted by Crippen LogP contribution is -2.48. The Morgan fingerprint density at radius 2 is 1.61 bits per heavy atom. The van der Waals surface area contributed by atoms with Gasteiger partial charge in [0.25, 0.3) is 0 Å². The average Bonchev–Trinajstić information content (AvgIpc) is 2.84. The van der Waals surface area contributed by atoms with Crippen molar-refractivity contribution in [3.63, 3.8) is 0 Å². The van der Waals surface area contributed by atoms with E-state index in [-0.39, 0.29) is 16.5 Å². The molecule has 1 N–H and O–H groups in total. The van der Waals surface area contributed by atoms with Crippen LogP contribution < -0.4 is 4.90 Å². The van der Waals surface area contributed by atoms with E-state index in [1.165, 1.54) is 18.4 Å². The molecule has 1 aliphatic heterocycles. The molecule has 3 aromatic rings. The van der Waals surface area contributed by atoms with Gasteiger partial charge in [0.05, 0.1) is 10.9 Å². The molecule has 5 nitrogen and oxygen atoms in total. The molecule has 0 unspecified atom stereocenters. The Labute approximate surface area is 209 Å². The van der Waals surface area contributed by atoms with Gasteiger partial charge in [-0.25, -0.2) is 8.42 Å². The Morgan fingerprint density at radius 3 is 2.22 bits per heavy atom. The van der Waals surface area contributed by atoms with Crippen LogP contribution in [0.2, 0.25) is 0 Å². The van der Waals surface area contributed by atoms with E-state index in [1.807, 2.05) is 36.4 Å². The molecule has 1 saturated heterocycles. The van der Waals surface area contributed by atoms with E-state index in [0.717, 1.165) is 23.7 Å². The predicted octanol–water partition coefficient (Wildman–Crippen LogP) is 4.92. The molecular formula is C27H29F3N2O3S. The molecule has 0 aliphatic carbocycles. The van der Waals surface area contributed by atoms with Crippen LogP contribution >= 0.6 is 0 Å². The van der Waals surface area contributed by atoms with Gasteiger partial charge < -0.3 is 10.0 Å². The third-order valence-electron chi connectivity index (χ3n) is 6.74. The fraction of sp³-hybridized carbons (Fsp3) is 0.333. The van der Waals surface area contributed by atoms with E-state index >= 15 is 0 Å². The van der Waals surface area contributed by atoms with Crippen molar-refractivity contribution in [1.82, 2.24) is 4.90 Å². The average molecular weight is 519 g/mol. The smallest absolute Gasteiger partial charge is 0.376 e. The molecule has 0 bridgehead atoms. The molecular weight excluding hydrogens is 489 g/mol. The van der Waals surface area contributed by atoms with E-state index in [4.69, 9.17) is 0 Å². The van der Waals surface area contributed by atoms with E-state index in [9.17, 15) is 26.7 Å². The summed E-state index contributed by atoms with van der Waals surface area (Å²) in [7, 11) is -3.33. The molecule has 0 amide bonds. The number of sulfone groups is 1. The van der Waals surface area contributed by atoms with Crippen molar-refractivity contribution in [2.24, 2.45) is 0 Å². The van der Waals surface area contributed by atoms with Gasteiger partial charge in [0.15, 0.2) is 15.4 Å². The SMILES string of the molecule is C[C@](O)(c1ccc(CN2CCN(c3cccc(S(C)(=O)=O)c3)C[C@@H]2c2ccccc2)cc1)C(F)(F)F. The highest BCUT2D eigenvalue weighted by molar-refractivity contribution is 7.90. The molecule has 36 heavy (non-hydrogen) atoms. The summed E-state index contributed by atoms with van der Waals surface area (Å²) >= 11 is 0. The third kappa shape index (κ3) is 5.58. The Hall–Kier alpha value is -2.88. The summed E-state index contributed by atoms with van der Waals surface area (Å²) in [5.74, 6) is 0. The molecule has 2 atom stereocenters. The van der Waals surface area contributed by atoms with Gasteiger partial charge in [0, 0.05) is 38.1 Å². The van der Waals surface area contributed by atoms with E-state index in [2.05, 4.69) is 9.80 Å². The number of piperazine rings is 1. The molecule has 0 radical (unpaired) electrons. The summed E-state index contributed by atoms with van der Waals surface area (Å²) < 4.78 is 63.7. The number of benzene rings is 3. The minimum absolute atomic E-state index is 0.0141. The zero-order valence-electron chi connectivity index (χ0n) is 20.1. The number of hydrogen-bond donors (Lipinski definition) is 1. The second-order valence-corrected chi connectivity index (χ2v) is 11.4. The lowest BCUT2D eigenvalue weighted by Gasteiger charge is -2.43. The Bertz CT molecular complexity index is 1290. The predicted molar refractivity (Wildman–Crippen MR) is 133 cm³/mol. The lowest BCUT2D eigenvalue weighted by atomic mass is 9.94. The Morgan fingerprint density at radius 1 is 0.944 bits per heavy atom. The minimum Gasteiger partial charge on any atom is -0.376 e. The maximum absolute atomic E-state index is 13.2. The molecule has 0 saturated carbocycles. The van der Waals surface area contributed by atoms with E-state index < -0.39 is 21.6 Å². The molecule has 1 heterocycles. The van der Waals surface area contributed by atoms with Crippen LogP contribution in [0, 0.1) is 0 Å². The highest BCUT2D eigenvalue weighted by atomic mass is 32.2. The van der Waals surface area contributed by atoms with Crippen molar-refractivity contribution in [3.8, 4) is 0 Å². The van der Waals surface area contributed by atoms with Gasteiger partial charge in [-0.1, -0.05) is 60.7 Å². The van der Waals surface area contributed by atoms with Crippen LogP contribution in [0.4, 0.5) is 18.9 Å². The maximum Gasteiger partial charge on any atom is 0.421 e. The standard InChI is InChI=1S/C27H29F3N2O3S/c1-26(33,27(28,29)30)22-13-11-20(12-14-22)18-32-16-15-31(19-25(32)21-7-4-3-5-8-21)23-9-6-10-24(17-23)36(2,34)35/h3-14,17,25,33H,15-16,18-19H2,1-2H3/t25-,26+/m1/s1. The number of halogens is 3. The van der Waals surface area contributed by atoms with Crippen LogP contribution in [0.15, 0.2) is 83.8 Å².